The Bertz CT molecular complexity index is 811. The SMILES string of the molecule is Cc1ccc(OCCCC(=O)N(Cc2ccccc2)[C@@H](C)C(=O)NC(C)(C)C)cc1. The summed E-state index contributed by atoms with van der Waals surface area (Å²) in [6.07, 6.45) is 0.914. The molecule has 0 aliphatic carbocycles. The normalized spacial score (nSPS) is 12.2. The van der Waals surface area contributed by atoms with Crippen molar-refractivity contribution in [3.8, 4) is 5.75 Å². The molecule has 2 rings (SSSR count). The second kappa shape index (κ2) is 10.8. The van der Waals surface area contributed by atoms with Gasteiger partial charge in [-0.3, -0.25) is 9.59 Å². The quantitative estimate of drug-likeness (QED) is 0.620. The fourth-order valence-electron chi connectivity index (χ4n) is 3.03. The molecular formula is C25H34N2O3. The van der Waals surface area contributed by atoms with E-state index in [0.29, 0.717) is 26.0 Å². The van der Waals surface area contributed by atoms with Gasteiger partial charge in [0.25, 0.3) is 0 Å². The third kappa shape index (κ3) is 7.90. The van der Waals surface area contributed by atoms with Crippen LogP contribution in [0.1, 0.15) is 51.7 Å². The van der Waals surface area contributed by atoms with E-state index in [4.69, 9.17) is 4.74 Å². The molecule has 0 saturated carbocycles. The smallest absolute Gasteiger partial charge is 0.242 e. The molecular weight excluding hydrogens is 376 g/mol. The maximum atomic E-state index is 13.0. The fraction of sp³-hybridized carbons (Fsp3) is 0.440. The van der Waals surface area contributed by atoms with Crippen molar-refractivity contribution < 1.29 is 14.3 Å². The number of amides is 2. The van der Waals surface area contributed by atoms with Crippen molar-refractivity contribution in [1.82, 2.24) is 10.2 Å². The first-order valence-corrected chi connectivity index (χ1v) is 10.5. The highest BCUT2D eigenvalue weighted by Crippen LogP contribution is 2.15. The summed E-state index contributed by atoms with van der Waals surface area (Å²) in [6.45, 7) is 10.5. The molecule has 0 bridgehead atoms. The number of nitrogens with one attached hydrogen (secondary N) is 1. The summed E-state index contributed by atoms with van der Waals surface area (Å²) in [6, 6.07) is 17.0. The number of ether oxygens (including phenoxy) is 1. The van der Waals surface area contributed by atoms with Gasteiger partial charge in [0.1, 0.15) is 11.8 Å². The topological polar surface area (TPSA) is 58.6 Å². The number of aryl methyl sites for hydroxylation is 1. The Balaban J connectivity index is 1.98. The summed E-state index contributed by atoms with van der Waals surface area (Å²) in [5, 5.41) is 2.98. The average Bonchev–Trinajstić information content (AvgIpc) is 2.69. The van der Waals surface area contributed by atoms with Crippen LogP contribution in [-0.4, -0.2) is 34.9 Å². The van der Waals surface area contributed by atoms with Gasteiger partial charge >= 0.3 is 0 Å². The van der Waals surface area contributed by atoms with Crippen LogP contribution in [0, 0.1) is 6.92 Å². The first-order valence-electron chi connectivity index (χ1n) is 10.5. The number of hydrogen-bond acceptors (Lipinski definition) is 3. The van der Waals surface area contributed by atoms with Crippen LogP contribution in [-0.2, 0) is 16.1 Å². The summed E-state index contributed by atoms with van der Waals surface area (Å²) in [7, 11) is 0. The molecule has 0 fully saturated rings. The van der Waals surface area contributed by atoms with Crippen molar-refractivity contribution >= 4 is 11.8 Å². The van der Waals surface area contributed by atoms with Gasteiger partial charge in [-0.15, -0.1) is 0 Å². The Hall–Kier alpha value is -2.82. The second-order valence-corrected chi connectivity index (χ2v) is 8.69. The van der Waals surface area contributed by atoms with Gasteiger partial charge in [-0.2, -0.15) is 0 Å². The zero-order valence-corrected chi connectivity index (χ0v) is 18.8. The molecule has 0 aliphatic rings. The first kappa shape index (κ1) is 23.5. The number of carbonyl (C=O) groups excluding carboxylic acids is 2. The predicted octanol–water partition coefficient (Wildman–Crippen LogP) is 4.49. The van der Waals surface area contributed by atoms with Crippen molar-refractivity contribution in [2.45, 2.75) is 65.6 Å². The van der Waals surface area contributed by atoms with E-state index in [1.54, 1.807) is 11.8 Å². The minimum Gasteiger partial charge on any atom is -0.494 e. The van der Waals surface area contributed by atoms with Gasteiger partial charge < -0.3 is 15.0 Å². The maximum absolute atomic E-state index is 13.0. The Morgan fingerprint density at radius 3 is 2.27 bits per heavy atom. The zero-order valence-electron chi connectivity index (χ0n) is 18.8. The molecule has 30 heavy (non-hydrogen) atoms. The molecule has 0 saturated heterocycles. The highest BCUT2D eigenvalue weighted by Gasteiger charge is 2.28. The highest BCUT2D eigenvalue weighted by molar-refractivity contribution is 5.87. The largest absolute Gasteiger partial charge is 0.494 e. The van der Waals surface area contributed by atoms with Gasteiger partial charge in [-0.25, -0.2) is 0 Å². The third-order valence-electron chi connectivity index (χ3n) is 4.69. The fourth-order valence-corrected chi connectivity index (χ4v) is 3.03. The Kier molecular flexibility index (Phi) is 8.46. The highest BCUT2D eigenvalue weighted by atomic mass is 16.5. The van der Waals surface area contributed by atoms with E-state index < -0.39 is 6.04 Å². The summed E-state index contributed by atoms with van der Waals surface area (Å²) in [4.78, 5) is 27.4. The molecule has 0 unspecified atom stereocenters. The molecule has 2 amide bonds. The Morgan fingerprint density at radius 2 is 1.67 bits per heavy atom. The lowest BCUT2D eigenvalue weighted by Crippen LogP contribution is -2.52. The minimum atomic E-state index is -0.560. The molecule has 5 heteroatoms. The molecule has 0 radical (unpaired) electrons. The first-order chi connectivity index (χ1) is 14.2. The van der Waals surface area contributed by atoms with Crippen LogP contribution < -0.4 is 10.1 Å². The molecule has 1 N–H and O–H groups in total. The molecule has 0 aliphatic heterocycles. The Labute approximate surface area is 180 Å². The summed E-state index contributed by atoms with van der Waals surface area (Å²) in [5.74, 6) is 0.595. The van der Waals surface area contributed by atoms with Crippen LogP contribution in [0.25, 0.3) is 0 Å². The van der Waals surface area contributed by atoms with Crippen molar-refractivity contribution in [2.75, 3.05) is 6.61 Å². The zero-order chi connectivity index (χ0) is 22.1. The van der Waals surface area contributed by atoms with Gasteiger partial charge in [0, 0.05) is 18.5 Å². The number of benzene rings is 2. The number of rotatable bonds is 9. The van der Waals surface area contributed by atoms with Gasteiger partial charge in [0.05, 0.1) is 6.61 Å². The third-order valence-corrected chi connectivity index (χ3v) is 4.69. The van der Waals surface area contributed by atoms with Gasteiger partial charge in [-0.1, -0.05) is 48.0 Å². The van der Waals surface area contributed by atoms with Crippen molar-refractivity contribution in [1.29, 1.82) is 0 Å². The molecule has 162 valence electrons. The van der Waals surface area contributed by atoms with Crippen molar-refractivity contribution in [3.05, 3.63) is 65.7 Å². The second-order valence-electron chi connectivity index (χ2n) is 8.69. The monoisotopic (exact) mass is 410 g/mol. The lowest BCUT2D eigenvalue weighted by molar-refractivity contribution is -0.141. The van der Waals surface area contributed by atoms with E-state index in [-0.39, 0.29) is 17.4 Å². The lowest BCUT2D eigenvalue weighted by atomic mass is 10.1. The van der Waals surface area contributed by atoms with Crippen LogP contribution in [0.15, 0.2) is 54.6 Å². The summed E-state index contributed by atoms with van der Waals surface area (Å²) >= 11 is 0. The van der Waals surface area contributed by atoms with Crippen molar-refractivity contribution in [2.24, 2.45) is 0 Å². The van der Waals surface area contributed by atoms with E-state index in [2.05, 4.69) is 5.32 Å². The van der Waals surface area contributed by atoms with E-state index >= 15 is 0 Å². The number of carbonyl (C=O) groups is 2. The molecule has 0 aromatic heterocycles. The number of hydrogen-bond donors (Lipinski definition) is 1. The Morgan fingerprint density at radius 1 is 1.03 bits per heavy atom. The molecule has 1 atom stereocenters. The standard InChI is InChI=1S/C25H34N2O3/c1-19-13-15-22(16-14-19)30-17-9-12-23(28)27(18-21-10-7-6-8-11-21)20(2)24(29)26-25(3,4)5/h6-8,10-11,13-16,20H,9,12,17-18H2,1-5H3,(H,26,29)/t20-/m0/s1. The number of nitrogens with zero attached hydrogens (tertiary/aromatic N) is 1. The van der Waals surface area contributed by atoms with Gasteiger partial charge in [0.2, 0.25) is 11.8 Å². The predicted molar refractivity (Wildman–Crippen MR) is 120 cm³/mol. The molecule has 5 nitrogen and oxygen atoms in total. The minimum absolute atomic E-state index is 0.0529. The molecule has 0 heterocycles. The van der Waals surface area contributed by atoms with E-state index in [1.807, 2.05) is 82.3 Å². The lowest BCUT2D eigenvalue weighted by Gasteiger charge is -2.31. The average molecular weight is 411 g/mol. The van der Waals surface area contributed by atoms with E-state index in [9.17, 15) is 9.59 Å². The van der Waals surface area contributed by atoms with Crippen molar-refractivity contribution in [3.63, 3.8) is 0 Å². The van der Waals surface area contributed by atoms with Crippen LogP contribution >= 0.6 is 0 Å². The van der Waals surface area contributed by atoms with Crippen LogP contribution in [0.2, 0.25) is 0 Å². The van der Waals surface area contributed by atoms with Gasteiger partial charge in [-0.05, 0) is 58.7 Å². The van der Waals surface area contributed by atoms with Gasteiger partial charge in [0.15, 0.2) is 0 Å². The van der Waals surface area contributed by atoms with Crippen LogP contribution in [0.3, 0.4) is 0 Å². The molecule has 2 aromatic rings. The summed E-state index contributed by atoms with van der Waals surface area (Å²) < 4.78 is 5.73. The maximum Gasteiger partial charge on any atom is 0.242 e. The molecule has 0 spiro atoms. The van der Waals surface area contributed by atoms with Crippen LogP contribution in [0.4, 0.5) is 0 Å². The van der Waals surface area contributed by atoms with E-state index in [0.717, 1.165) is 11.3 Å². The van der Waals surface area contributed by atoms with E-state index in [1.165, 1.54) is 5.56 Å². The molecule has 2 aromatic carbocycles. The summed E-state index contributed by atoms with van der Waals surface area (Å²) in [5.41, 5.74) is 1.82. The van der Waals surface area contributed by atoms with Crippen LogP contribution in [0.5, 0.6) is 5.75 Å².